The van der Waals surface area contributed by atoms with Crippen LogP contribution in [0.5, 0.6) is 0 Å². The fourth-order valence-electron chi connectivity index (χ4n) is 3.57. The maximum atomic E-state index is 13.7. The molecule has 4 aromatic rings. The van der Waals surface area contributed by atoms with Gasteiger partial charge in [-0.25, -0.2) is 12.4 Å². The lowest BCUT2D eigenvalue weighted by Crippen LogP contribution is -2.21. The van der Waals surface area contributed by atoms with E-state index >= 15 is 0 Å². The Morgan fingerprint density at radius 3 is 2.03 bits per heavy atom. The molecule has 0 aliphatic rings. The lowest BCUT2D eigenvalue weighted by atomic mass is 9.97. The predicted molar refractivity (Wildman–Crippen MR) is 123 cm³/mol. The molecule has 4 rings (SSSR count). The molecule has 158 valence electrons. The summed E-state index contributed by atoms with van der Waals surface area (Å²) in [5.41, 5.74) is 7.88. The van der Waals surface area contributed by atoms with Gasteiger partial charge in [-0.15, -0.1) is 0 Å². The number of rotatable bonds is 5. The molecule has 0 spiro atoms. The first-order valence-corrected chi connectivity index (χ1v) is 11.2. The number of aromatic nitrogens is 1. The highest BCUT2D eigenvalue weighted by Gasteiger charge is 2.34. The Balaban J connectivity index is 2.11. The highest BCUT2D eigenvalue weighted by Crippen LogP contribution is 2.38. The number of nitriles is 1. The van der Waals surface area contributed by atoms with E-state index in [1.54, 1.807) is 72.8 Å². The summed E-state index contributed by atoms with van der Waals surface area (Å²) in [5.74, 6) is -0.848. The standard InChI is InChI=1S/C25H19N3O3S/c1-17-12-14-20(15-13-17)32(30,31)28-23(24(29)19-10-6-3-7-11-19)22(21(16-26)25(28)27)18-8-4-2-5-9-18/h2-15H,27H2,1H3. The average molecular weight is 442 g/mol. The number of nitrogen functional groups attached to an aromatic ring is 1. The van der Waals surface area contributed by atoms with E-state index in [0.29, 0.717) is 5.56 Å². The van der Waals surface area contributed by atoms with E-state index in [1.165, 1.54) is 12.1 Å². The Hall–Kier alpha value is -4.15. The Labute approximate surface area is 186 Å². The molecule has 2 N–H and O–H groups in total. The Bertz CT molecular complexity index is 1450. The van der Waals surface area contributed by atoms with Gasteiger partial charge in [-0.05, 0) is 24.6 Å². The molecule has 1 aromatic heterocycles. The van der Waals surface area contributed by atoms with Crippen molar-refractivity contribution in [1.82, 2.24) is 3.97 Å². The van der Waals surface area contributed by atoms with Gasteiger partial charge in [0.1, 0.15) is 23.1 Å². The molecule has 7 heteroatoms. The Morgan fingerprint density at radius 1 is 0.906 bits per heavy atom. The normalized spacial score (nSPS) is 11.1. The monoisotopic (exact) mass is 441 g/mol. The molecule has 0 saturated carbocycles. The van der Waals surface area contributed by atoms with Crippen LogP contribution in [0.4, 0.5) is 5.82 Å². The summed E-state index contributed by atoms with van der Waals surface area (Å²) in [6.07, 6.45) is 0. The number of hydrogen-bond donors (Lipinski definition) is 1. The first-order valence-electron chi connectivity index (χ1n) is 9.78. The summed E-state index contributed by atoms with van der Waals surface area (Å²) >= 11 is 0. The zero-order chi connectivity index (χ0) is 22.9. The molecule has 1 heterocycles. The molecule has 0 radical (unpaired) electrons. The summed E-state index contributed by atoms with van der Waals surface area (Å²) in [6.45, 7) is 1.84. The summed E-state index contributed by atoms with van der Waals surface area (Å²) in [4.78, 5) is 13.6. The van der Waals surface area contributed by atoms with E-state index in [0.717, 1.165) is 9.54 Å². The minimum absolute atomic E-state index is 0.0315. The summed E-state index contributed by atoms with van der Waals surface area (Å²) in [7, 11) is -4.27. The number of aryl methyl sites for hydroxylation is 1. The topological polar surface area (TPSA) is 106 Å². The molecular weight excluding hydrogens is 422 g/mol. The average Bonchev–Trinajstić information content (AvgIpc) is 3.12. The number of benzene rings is 3. The van der Waals surface area contributed by atoms with Gasteiger partial charge in [-0.1, -0.05) is 78.4 Å². The molecule has 0 saturated heterocycles. The van der Waals surface area contributed by atoms with E-state index in [-0.39, 0.29) is 33.1 Å². The van der Waals surface area contributed by atoms with Crippen LogP contribution >= 0.6 is 0 Å². The number of carbonyl (C=O) groups excluding carboxylic acids is 1. The predicted octanol–water partition coefficient (Wildman–Crippen LogP) is 4.39. The fourth-order valence-corrected chi connectivity index (χ4v) is 5.02. The van der Waals surface area contributed by atoms with Gasteiger partial charge < -0.3 is 5.73 Å². The summed E-state index contributed by atoms with van der Waals surface area (Å²) < 4.78 is 28.1. The van der Waals surface area contributed by atoms with Gasteiger partial charge in [-0.2, -0.15) is 5.26 Å². The number of ketones is 1. The van der Waals surface area contributed by atoms with Crippen molar-refractivity contribution in [2.75, 3.05) is 5.73 Å². The van der Waals surface area contributed by atoms with E-state index in [1.807, 2.05) is 13.0 Å². The van der Waals surface area contributed by atoms with Crippen LogP contribution < -0.4 is 5.73 Å². The maximum absolute atomic E-state index is 13.7. The highest BCUT2D eigenvalue weighted by atomic mass is 32.2. The van der Waals surface area contributed by atoms with Crippen molar-refractivity contribution in [3.63, 3.8) is 0 Å². The SMILES string of the molecule is Cc1ccc(S(=O)(=O)n2c(N)c(C#N)c(-c3ccccc3)c2C(=O)c2ccccc2)cc1. The third-order valence-corrected chi connectivity index (χ3v) is 6.88. The van der Waals surface area contributed by atoms with Crippen LogP contribution in [-0.4, -0.2) is 18.2 Å². The van der Waals surface area contributed by atoms with Gasteiger partial charge >= 0.3 is 0 Å². The number of nitrogens with zero attached hydrogens (tertiary/aromatic N) is 2. The molecule has 32 heavy (non-hydrogen) atoms. The van der Waals surface area contributed by atoms with Gasteiger partial charge in [0.25, 0.3) is 10.0 Å². The molecule has 0 aliphatic carbocycles. The molecule has 0 amide bonds. The molecule has 0 aliphatic heterocycles. The molecular formula is C25H19N3O3S. The second-order valence-corrected chi connectivity index (χ2v) is 9.03. The van der Waals surface area contributed by atoms with Crippen LogP contribution in [0, 0.1) is 18.3 Å². The lowest BCUT2D eigenvalue weighted by Gasteiger charge is -2.13. The highest BCUT2D eigenvalue weighted by molar-refractivity contribution is 7.90. The summed E-state index contributed by atoms with van der Waals surface area (Å²) in [6, 6.07) is 25.2. The zero-order valence-electron chi connectivity index (χ0n) is 17.2. The molecule has 6 nitrogen and oxygen atoms in total. The first kappa shape index (κ1) is 21.1. The fraction of sp³-hybridized carbons (Fsp3) is 0.0400. The van der Waals surface area contributed by atoms with Gasteiger partial charge in [0.2, 0.25) is 5.78 Å². The van der Waals surface area contributed by atoms with Crippen LogP contribution in [0.2, 0.25) is 0 Å². The van der Waals surface area contributed by atoms with Crippen molar-refractivity contribution >= 4 is 21.6 Å². The van der Waals surface area contributed by atoms with Gasteiger partial charge in [0.15, 0.2) is 0 Å². The van der Waals surface area contributed by atoms with E-state index < -0.39 is 15.8 Å². The van der Waals surface area contributed by atoms with Crippen molar-refractivity contribution in [1.29, 1.82) is 5.26 Å². The quantitative estimate of drug-likeness (QED) is 0.463. The van der Waals surface area contributed by atoms with Crippen LogP contribution in [0.15, 0.2) is 89.8 Å². The first-order chi connectivity index (χ1) is 15.4. The third kappa shape index (κ3) is 3.47. The molecule has 0 bridgehead atoms. The van der Waals surface area contributed by atoms with Crippen LogP contribution in [0.1, 0.15) is 27.2 Å². The van der Waals surface area contributed by atoms with Gasteiger partial charge in [0.05, 0.1) is 4.90 Å². The number of nitrogens with two attached hydrogens (primary N) is 1. The second-order valence-electron chi connectivity index (χ2n) is 7.24. The van der Waals surface area contributed by atoms with Crippen LogP contribution in [0.3, 0.4) is 0 Å². The van der Waals surface area contributed by atoms with Crippen molar-refractivity contribution < 1.29 is 13.2 Å². The number of anilines is 1. The van der Waals surface area contributed by atoms with Crippen LogP contribution in [-0.2, 0) is 10.0 Å². The van der Waals surface area contributed by atoms with Crippen molar-refractivity contribution in [2.45, 2.75) is 11.8 Å². The molecule has 0 unspecified atom stereocenters. The Morgan fingerprint density at radius 2 is 1.47 bits per heavy atom. The van der Waals surface area contributed by atoms with E-state index in [9.17, 15) is 18.5 Å². The van der Waals surface area contributed by atoms with E-state index in [2.05, 4.69) is 0 Å². The maximum Gasteiger partial charge on any atom is 0.270 e. The smallest absolute Gasteiger partial charge is 0.270 e. The zero-order valence-corrected chi connectivity index (χ0v) is 18.0. The minimum atomic E-state index is -4.27. The molecule has 0 atom stereocenters. The van der Waals surface area contributed by atoms with Gasteiger partial charge in [0, 0.05) is 11.1 Å². The van der Waals surface area contributed by atoms with E-state index in [4.69, 9.17) is 5.73 Å². The second kappa shape index (κ2) is 8.17. The van der Waals surface area contributed by atoms with Gasteiger partial charge in [-0.3, -0.25) is 4.79 Å². The third-order valence-electron chi connectivity index (χ3n) is 5.15. The van der Waals surface area contributed by atoms with Crippen molar-refractivity contribution in [3.8, 4) is 17.2 Å². The number of carbonyl (C=O) groups is 1. The molecule has 3 aromatic carbocycles. The summed E-state index contributed by atoms with van der Waals surface area (Å²) in [5, 5.41) is 9.87. The largest absolute Gasteiger partial charge is 0.383 e. The molecule has 0 fully saturated rings. The van der Waals surface area contributed by atoms with Crippen LogP contribution in [0.25, 0.3) is 11.1 Å². The Kier molecular flexibility index (Phi) is 5.39. The van der Waals surface area contributed by atoms with Crippen molar-refractivity contribution in [2.24, 2.45) is 0 Å². The minimum Gasteiger partial charge on any atom is -0.383 e. The van der Waals surface area contributed by atoms with Crippen molar-refractivity contribution in [3.05, 3.63) is 107 Å². The lowest BCUT2D eigenvalue weighted by molar-refractivity contribution is 0.103. The number of hydrogen-bond acceptors (Lipinski definition) is 5.